The van der Waals surface area contributed by atoms with Gasteiger partial charge in [-0.2, -0.15) is 5.10 Å². The van der Waals surface area contributed by atoms with Crippen LogP contribution < -0.4 is 5.56 Å². The van der Waals surface area contributed by atoms with E-state index in [1.807, 2.05) is 0 Å². The van der Waals surface area contributed by atoms with Gasteiger partial charge in [-0.05, 0) is 36.5 Å². The number of rotatable bonds is 1. The molecule has 2 heterocycles. The number of hydrogen-bond acceptors (Lipinski definition) is 3. The standard InChI is InChI=1S/C11H7FN4OS/c12-6-1-3-7(4-2-6)16-9-8(5-13-16)10(17)15-11(18)14-9/h1-5H,(H2,14,15,17,18). The lowest BCUT2D eigenvalue weighted by atomic mass is 10.3. The van der Waals surface area contributed by atoms with Gasteiger partial charge in [-0.25, -0.2) is 9.07 Å². The monoisotopic (exact) mass is 262 g/mol. The Balaban J connectivity index is 2.33. The van der Waals surface area contributed by atoms with Gasteiger partial charge in [0.25, 0.3) is 5.56 Å². The maximum Gasteiger partial charge on any atom is 0.262 e. The van der Waals surface area contributed by atoms with E-state index in [0.717, 1.165) is 0 Å². The van der Waals surface area contributed by atoms with E-state index in [2.05, 4.69) is 15.1 Å². The molecule has 0 amide bonds. The Morgan fingerprint density at radius 1 is 1.22 bits per heavy atom. The molecule has 3 aromatic rings. The maximum absolute atomic E-state index is 12.9. The smallest absolute Gasteiger partial charge is 0.262 e. The van der Waals surface area contributed by atoms with E-state index in [0.29, 0.717) is 16.7 Å². The number of nitrogens with one attached hydrogen (secondary N) is 2. The molecule has 0 bridgehead atoms. The van der Waals surface area contributed by atoms with Crippen molar-refractivity contribution in [1.29, 1.82) is 0 Å². The number of nitrogens with zero attached hydrogens (tertiary/aromatic N) is 2. The lowest BCUT2D eigenvalue weighted by Crippen LogP contribution is -2.08. The quantitative estimate of drug-likeness (QED) is 0.658. The van der Waals surface area contributed by atoms with Gasteiger partial charge in [0.15, 0.2) is 4.77 Å². The molecule has 7 heteroatoms. The second-order valence-electron chi connectivity index (χ2n) is 3.70. The van der Waals surface area contributed by atoms with Crippen molar-refractivity contribution in [2.24, 2.45) is 0 Å². The number of H-pyrrole nitrogens is 2. The molecule has 0 spiro atoms. The van der Waals surface area contributed by atoms with Crippen molar-refractivity contribution < 1.29 is 4.39 Å². The van der Waals surface area contributed by atoms with Crippen molar-refractivity contribution >= 4 is 23.3 Å². The fraction of sp³-hybridized carbons (Fsp3) is 0. The molecule has 0 aliphatic rings. The van der Waals surface area contributed by atoms with Crippen molar-refractivity contribution in [2.75, 3.05) is 0 Å². The normalized spacial score (nSPS) is 10.9. The first-order valence-corrected chi connectivity index (χ1v) is 5.52. The first-order chi connectivity index (χ1) is 8.65. The van der Waals surface area contributed by atoms with E-state index in [9.17, 15) is 9.18 Å². The molecule has 18 heavy (non-hydrogen) atoms. The van der Waals surface area contributed by atoms with Crippen molar-refractivity contribution in [3.05, 3.63) is 51.4 Å². The summed E-state index contributed by atoms with van der Waals surface area (Å²) in [5.41, 5.74) is 0.820. The van der Waals surface area contributed by atoms with Crippen LogP contribution in [0.4, 0.5) is 4.39 Å². The highest BCUT2D eigenvalue weighted by Gasteiger charge is 2.08. The molecule has 0 saturated heterocycles. The Morgan fingerprint density at radius 3 is 2.67 bits per heavy atom. The molecule has 3 rings (SSSR count). The Labute approximate surface area is 105 Å². The van der Waals surface area contributed by atoms with Crippen LogP contribution in [-0.2, 0) is 0 Å². The zero-order valence-corrected chi connectivity index (χ0v) is 9.79. The average Bonchev–Trinajstić information content (AvgIpc) is 2.74. The summed E-state index contributed by atoms with van der Waals surface area (Å²) in [7, 11) is 0. The molecule has 0 aliphatic carbocycles. The van der Waals surface area contributed by atoms with Crippen LogP contribution >= 0.6 is 12.2 Å². The molecule has 0 saturated carbocycles. The summed E-state index contributed by atoms with van der Waals surface area (Å²) in [5, 5.41) is 4.49. The van der Waals surface area contributed by atoms with Gasteiger partial charge in [-0.3, -0.25) is 9.78 Å². The van der Waals surface area contributed by atoms with Crippen LogP contribution in [0.5, 0.6) is 0 Å². The van der Waals surface area contributed by atoms with E-state index in [1.54, 1.807) is 12.1 Å². The lowest BCUT2D eigenvalue weighted by Gasteiger charge is -2.02. The van der Waals surface area contributed by atoms with Crippen molar-refractivity contribution in [3.63, 3.8) is 0 Å². The first-order valence-electron chi connectivity index (χ1n) is 5.11. The van der Waals surface area contributed by atoms with Crippen molar-refractivity contribution in [2.45, 2.75) is 0 Å². The SMILES string of the molecule is O=c1[nH]c(=S)[nH]c2c1cnn2-c1ccc(F)cc1. The summed E-state index contributed by atoms with van der Waals surface area (Å²) >= 11 is 4.91. The number of halogens is 1. The topological polar surface area (TPSA) is 66.5 Å². The second kappa shape index (κ2) is 3.88. The minimum Gasteiger partial charge on any atom is -0.316 e. The molecule has 2 aromatic heterocycles. The van der Waals surface area contributed by atoms with Gasteiger partial charge in [0, 0.05) is 0 Å². The number of fused-ring (bicyclic) bond motifs is 1. The van der Waals surface area contributed by atoms with Crippen LogP contribution in [0.15, 0.2) is 35.3 Å². The van der Waals surface area contributed by atoms with Crippen LogP contribution in [0.25, 0.3) is 16.7 Å². The van der Waals surface area contributed by atoms with Gasteiger partial charge >= 0.3 is 0 Å². The zero-order valence-electron chi connectivity index (χ0n) is 8.98. The molecule has 0 fully saturated rings. The fourth-order valence-electron chi connectivity index (χ4n) is 1.72. The van der Waals surface area contributed by atoms with Gasteiger partial charge in [-0.1, -0.05) is 0 Å². The predicted octanol–water partition coefficient (Wildman–Crippen LogP) is 1.91. The average molecular weight is 262 g/mol. The molecule has 0 aliphatic heterocycles. The summed E-state index contributed by atoms with van der Waals surface area (Å²) in [5.74, 6) is -0.332. The number of benzene rings is 1. The Hall–Kier alpha value is -2.28. The minimum atomic E-state index is -0.332. The molecule has 5 nitrogen and oxygen atoms in total. The zero-order chi connectivity index (χ0) is 12.7. The number of aromatic amines is 2. The summed E-state index contributed by atoms with van der Waals surface area (Å²) in [4.78, 5) is 17.0. The van der Waals surface area contributed by atoms with Gasteiger partial charge in [0.2, 0.25) is 0 Å². The highest BCUT2D eigenvalue weighted by molar-refractivity contribution is 7.71. The molecule has 1 aromatic carbocycles. The van der Waals surface area contributed by atoms with Crippen LogP contribution in [0.3, 0.4) is 0 Å². The van der Waals surface area contributed by atoms with Gasteiger partial charge < -0.3 is 4.98 Å². The third-order valence-corrected chi connectivity index (χ3v) is 2.75. The van der Waals surface area contributed by atoms with E-state index >= 15 is 0 Å². The van der Waals surface area contributed by atoms with E-state index in [4.69, 9.17) is 12.2 Å². The third-order valence-electron chi connectivity index (χ3n) is 2.54. The Kier molecular flexibility index (Phi) is 2.34. The van der Waals surface area contributed by atoms with Crippen LogP contribution in [0.1, 0.15) is 0 Å². The highest BCUT2D eigenvalue weighted by atomic mass is 32.1. The number of hydrogen-bond donors (Lipinski definition) is 2. The second-order valence-corrected chi connectivity index (χ2v) is 4.11. The summed E-state index contributed by atoms with van der Waals surface area (Å²) in [6.45, 7) is 0. The molecule has 0 atom stereocenters. The first kappa shape index (κ1) is 10.8. The molecule has 2 N–H and O–H groups in total. The van der Waals surface area contributed by atoms with Gasteiger partial charge in [0.1, 0.15) is 16.9 Å². The Morgan fingerprint density at radius 2 is 1.94 bits per heavy atom. The molecular weight excluding hydrogens is 255 g/mol. The molecule has 0 unspecified atom stereocenters. The largest absolute Gasteiger partial charge is 0.316 e. The fourth-order valence-corrected chi connectivity index (χ4v) is 1.91. The van der Waals surface area contributed by atoms with Gasteiger partial charge in [0.05, 0.1) is 11.9 Å². The highest BCUT2D eigenvalue weighted by Crippen LogP contribution is 2.13. The summed E-state index contributed by atoms with van der Waals surface area (Å²) < 4.78 is 14.6. The van der Waals surface area contributed by atoms with E-state index < -0.39 is 0 Å². The Bertz CT molecular complexity index is 831. The van der Waals surface area contributed by atoms with Crippen LogP contribution in [0.2, 0.25) is 0 Å². The van der Waals surface area contributed by atoms with Gasteiger partial charge in [-0.15, -0.1) is 0 Å². The molecule has 90 valence electrons. The number of aromatic nitrogens is 4. The summed E-state index contributed by atoms with van der Waals surface area (Å²) in [6, 6.07) is 5.79. The minimum absolute atomic E-state index is 0.219. The third kappa shape index (κ3) is 1.65. The summed E-state index contributed by atoms with van der Waals surface area (Å²) in [6.07, 6.45) is 1.43. The van der Waals surface area contributed by atoms with Crippen molar-refractivity contribution in [1.82, 2.24) is 19.7 Å². The maximum atomic E-state index is 12.9. The lowest BCUT2D eigenvalue weighted by molar-refractivity contribution is 0.627. The van der Waals surface area contributed by atoms with Crippen LogP contribution in [0, 0.1) is 10.6 Å². The van der Waals surface area contributed by atoms with Crippen LogP contribution in [-0.4, -0.2) is 19.7 Å². The predicted molar refractivity (Wildman–Crippen MR) is 66.8 cm³/mol. The van der Waals surface area contributed by atoms with Crippen molar-refractivity contribution in [3.8, 4) is 5.69 Å². The molecule has 0 radical (unpaired) electrons. The van der Waals surface area contributed by atoms with E-state index in [1.165, 1.54) is 23.0 Å². The van der Waals surface area contributed by atoms with E-state index in [-0.39, 0.29) is 16.1 Å². The molecular formula is C11H7FN4OS.